The monoisotopic (exact) mass is 280 g/mol. The van der Waals surface area contributed by atoms with Crippen LogP contribution in [0.4, 0.5) is 11.4 Å². The van der Waals surface area contributed by atoms with Crippen LogP contribution in [0.5, 0.6) is 5.75 Å². The first-order chi connectivity index (χ1) is 7.79. The van der Waals surface area contributed by atoms with Crippen molar-refractivity contribution < 1.29 is 17.7 Å². The van der Waals surface area contributed by atoms with Gasteiger partial charge < -0.3 is 16.2 Å². The van der Waals surface area contributed by atoms with Crippen LogP contribution in [0.2, 0.25) is 5.02 Å². The van der Waals surface area contributed by atoms with Crippen LogP contribution in [0.3, 0.4) is 0 Å². The Morgan fingerprint density at radius 2 is 1.94 bits per heavy atom. The molecule has 0 aliphatic rings. The summed E-state index contributed by atoms with van der Waals surface area (Å²) < 4.78 is 34.6. The summed E-state index contributed by atoms with van der Waals surface area (Å²) in [5.74, 6) is -0.0297. The Bertz CT molecular complexity index is 504. The Kier molecular flexibility index (Phi) is 4.44. The Morgan fingerprint density at radius 1 is 1.29 bits per heavy atom. The van der Waals surface area contributed by atoms with Crippen LogP contribution in [0.25, 0.3) is 0 Å². The Hall–Kier alpha value is -1.18. The number of hydrogen-bond donors (Lipinski definition) is 3. The molecule has 0 unspecified atom stereocenters. The lowest BCUT2D eigenvalue weighted by Gasteiger charge is -2.10. The summed E-state index contributed by atoms with van der Waals surface area (Å²) in [5.41, 5.74) is 11.8. The molecule has 0 spiro atoms. The van der Waals surface area contributed by atoms with E-state index >= 15 is 0 Å². The summed E-state index contributed by atoms with van der Waals surface area (Å²) in [6.07, 6.45) is 0.154. The van der Waals surface area contributed by atoms with Gasteiger partial charge in [-0.2, -0.15) is 8.42 Å². The molecule has 0 saturated heterocycles. The highest BCUT2D eigenvalue weighted by atomic mass is 35.5. The van der Waals surface area contributed by atoms with Gasteiger partial charge in [-0.15, -0.1) is 0 Å². The third-order valence-electron chi connectivity index (χ3n) is 1.93. The SMILES string of the molecule is Nc1cc(OCCCS(=O)(=O)O)c(N)cc1Cl. The van der Waals surface area contributed by atoms with Gasteiger partial charge in [-0.25, -0.2) is 0 Å². The third-order valence-corrected chi connectivity index (χ3v) is 3.07. The number of benzene rings is 1. The molecule has 1 rings (SSSR count). The Morgan fingerprint density at radius 3 is 2.53 bits per heavy atom. The van der Waals surface area contributed by atoms with E-state index in [0.29, 0.717) is 22.1 Å². The van der Waals surface area contributed by atoms with Crippen LogP contribution in [0.1, 0.15) is 6.42 Å². The maximum Gasteiger partial charge on any atom is 0.264 e. The fraction of sp³-hybridized carbons (Fsp3) is 0.333. The second-order valence-corrected chi connectivity index (χ2v) is 5.38. The van der Waals surface area contributed by atoms with Gasteiger partial charge in [-0.3, -0.25) is 4.55 Å². The molecule has 0 saturated carbocycles. The molecule has 96 valence electrons. The van der Waals surface area contributed by atoms with Crippen LogP contribution in [-0.4, -0.2) is 25.3 Å². The topological polar surface area (TPSA) is 116 Å². The first-order valence-electron chi connectivity index (χ1n) is 4.72. The molecule has 17 heavy (non-hydrogen) atoms. The van der Waals surface area contributed by atoms with E-state index in [1.165, 1.54) is 12.1 Å². The number of nitrogen functional groups attached to an aromatic ring is 2. The molecular weight excluding hydrogens is 268 g/mol. The molecule has 6 nitrogen and oxygen atoms in total. The molecule has 0 atom stereocenters. The minimum atomic E-state index is -3.96. The normalized spacial score (nSPS) is 11.4. The average Bonchev–Trinajstić information content (AvgIpc) is 2.18. The zero-order valence-electron chi connectivity index (χ0n) is 8.89. The Labute approximate surface area is 104 Å². The van der Waals surface area contributed by atoms with E-state index < -0.39 is 10.1 Å². The molecule has 0 aromatic heterocycles. The van der Waals surface area contributed by atoms with Gasteiger partial charge in [-0.05, 0) is 12.5 Å². The van der Waals surface area contributed by atoms with E-state index in [1.54, 1.807) is 0 Å². The molecule has 8 heteroatoms. The molecule has 0 fully saturated rings. The zero-order chi connectivity index (χ0) is 13.1. The van der Waals surface area contributed by atoms with Crippen molar-refractivity contribution in [3.63, 3.8) is 0 Å². The van der Waals surface area contributed by atoms with Gasteiger partial charge >= 0.3 is 0 Å². The fourth-order valence-electron chi connectivity index (χ4n) is 1.13. The van der Waals surface area contributed by atoms with Crippen molar-refractivity contribution >= 4 is 33.1 Å². The third kappa shape index (κ3) is 4.68. The molecule has 1 aromatic carbocycles. The molecule has 0 heterocycles. The summed E-state index contributed by atoms with van der Waals surface area (Å²) in [6.45, 7) is 0.102. The summed E-state index contributed by atoms with van der Waals surface area (Å²) in [7, 11) is -3.96. The predicted molar refractivity (Wildman–Crippen MR) is 66.8 cm³/mol. The molecule has 0 bridgehead atoms. The van der Waals surface area contributed by atoms with E-state index in [0.717, 1.165) is 0 Å². The number of ether oxygens (including phenoxy) is 1. The van der Waals surface area contributed by atoms with Crippen LogP contribution in [-0.2, 0) is 10.1 Å². The second-order valence-electron chi connectivity index (χ2n) is 3.40. The van der Waals surface area contributed by atoms with Crippen molar-refractivity contribution in [1.82, 2.24) is 0 Å². The van der Waals surface area contributed by atoms with Crippen molar-refractivity contribution in [2.75, 3.05) is 23.8 Å². The van der Waals surface area contributed by atoms with E-state index in [9.17, 15) is 8.42 Å². The van der Waals surface area contributed by atoms with E-state index in [2.05, 4.69) is 0 Å². The quantitative estimate of drug-likeness (QED) is 0.423. The van der Waals surface area contributed by atoms with Gasteiger partial charge in [0.1, 0.15) is 5.75 Å². The predicted octanol–water partition coefficient (Wildman–Crippen LogP) is 1.16. The summed E-state index contributed by atoms with van der Waals surface area (Å²) >= 11 is 5.73. The number of halogens is 1. The maximum atomic E-state index is 10.4. The highest BCUT2D eigenvalue weighted by Crippen LogP contribution is 2.30. The van der Waals surface area contributed by atoms with Gasteiger partial charge in [0.25, 0.3) is 10.1 Å². The molecule has 0 aliphatic heterocycles. The number of hydrogen-bond acceptors (Lipinski definition) is 5. The van der Waals surface area contributed by atoms with Crippen molar-refractivity contribution in [1.29, 1.82) is 0 Å². The summed E-state index contributed by atoms with van der Waals surface area (Å²) in [5, 5.41) is 0.327. The number of rotatable bonds is 5. The fourth-order valence-corrected chi connectivity index (χ4v) is 1.79. The minimum absolute atomic E-state index is 0.102. The van der Waals surface area contributed by atoms with Gasteiger partial charge in [0.05, 0.1) is 28.8 Å². The maximum absolute atomic E-state index is 10.4. The summed E-state index contributed by atoms with van der Waals surface area (Å²) in [6, 6.07) is 2.92. The minimum Gasteiger partial charge on any atom is -0.491 e. The molecule has 5 N–H and O–H groups in total. The zero-order valence-corrected chi connectivity index (χ0v) is 10.5. The van der Waals surface area contributed by atoms with Crippen LogP contribution >= 0.6 is 11.6 Å². The first kappa shape index (κ1) is 13.9. The van der Waals surface area contributed by atoms with Gasteiger partial charge in [-0.1, -0.05) is 11.6 Å². The van der Waals surface area contributed by atoms with Gasteiger partial charge in [0.2, 0.25) is 0 Å². The smallest absolute Gasteiger partial charge is 0.264 e. The summed E-state index contributed by atoms with van der Waals surface area (Å²) in [4.78, 5) is 0. The lowest BCUT2D eigenvalue weighted by molar-refractivity contribution is 0.318. The van der Waals surface area contributed by atoms with Crippen LogP contribution in [0, 0.1) is 0 Å². The largest absolute Gasteiger partial charge is 0.491 e. The molecule has 0 aliphatic carbocycles. The lowest BCUT2D eigenvalue weighted by Crippen LogP contribution is -2.09. The van der Waals surface area contributed by atoms with Crippen molar-refractivity contribution in [2.45, 2.75) is 6.42 Å². The van der Waals surface area contributed by atoms with Crippen molar-refractivity contribution in [3.05, 3.63) is 17.2 Å². The van der Waals surface area contributed by atoms with Crippen LogP contribution in [0.15, 0.2) is 12.1 Å². The highest BCUT2D eigenvalue weighted by Gasteiger charge is 2.07. The Balaban J connectivity index is 2.55. The second kappa shape index (κ2) is 5.44. The van der Waals surface area contributed by atoms with E-state index in [1.807, 2.05) is 0 Å². The molecule has 0 radical (unpaired) electrons. The number of nitrogens with two attached hydrogens (primary N) is 2. The number of anilines is 2. The van der Waals surface area contributed by atoms with Crippen molar-refractivity contribution in [3.8, 4) is 5.75 Å². The van der Waals surface area contributed by atoms with E-state index in [4.69, 9.17) is 32.4 Å². The molecule has 0 amide bonds. The molecular formula is C9H13ClN2O4S. The van der Waals surface area contributed by atoms with E-state index in [-0.39, 0.29) is 18.8 Å². The lowest BCUT2D eigenvalue weighted by atomic mass is 10.2. The van der Waals surface area contributed by atoms with Gasteiger partial charge in [0.15, 0.2) is 0 Å². The van der Waals surface area contributed by atoms with Crippen molar-refractivity contribution in [2.24, 2.45) is 0 Å². The average molecular weight is 281 g/mol. The van der Waals surface area contributed by atoms with Gasteiger partial charge in [0, 0.05) is 6.07 Å². The standard InChI is InChI=1S/C9H13ClN2O4S/c10-6-4-8(12)9(5-7(6)11)16-2-1-3-17(13,14)15/h4-5H,1-3,11-12H2,(H,13,14,15). The van der Waals surface area contributed by atoms with Crippen LogP contribution < -0.4 is 16.2 Å². The molecule has 1 aromatic rings. The first-order valence-corrected chi connectivity index (χ1v) is 6.71. The highest BCUT2D eigenvalue weighted by molar-refractivity contribution is 7.85.